The Balaban J connectivity index is 2.45. The summed E-state index contributed by atoms with van der Waals surface area (Å²) in [6.07, 6.45) is 0. The van der Waals surface area contributed by atoms with Gasteiger partial charge >= 0.3 is 5.97 Å². The van der Waals surface area contributed by atoms with E-state index >= 15 is 0 Å². The third kappa shape index (κ3) is 4.25. The summed E-state index contributed by atoms with van der Waals surface area (Å²) in [4.78, 5) is 11.9. The number of hydrogen-bond acceptors (Lipinski definition) is 4. The van der Waals surface area contributed by atoms with Gasteiger partial charge in [0, 0.05) is 4.90 Å². The zero-order chi connectivity index (χ0) is 11.1. The average molecular weight is 226 g/mol. The molecule has 0 atom stereocenters. The summed E-state index contributed by atoms with van der Waals surface area (Å²) >= 11 is 1.45. The smallest absolute Gasteiger partial charge is 0.315 e. The number of thioether (sulfide) groups is 1. The molecule has 0 bridgehead atoms. The standard InChI is InChI=1S/C11H14O3S/c1-3-14-9-4-6-10(7-5-9)15-8-11(12)13-2/h4-7H,3,8H2,1-2H3. The van der Waals surface area contributed by atoms with Crippen LogP contribution in [0.3, 0.4) is 0 Å². The maximum atomic E-state index is 10.9. The molecule has 0 spiro atoms. The molecule has 0 aliphatic rings. The normalized spacial score (nSPS) is 9.73. The molecular formula is C11H14O3S. The average Bonchev–Trinajstić information content (AvgIpc) is 2.28. The van der Waals surface area contributed by atoms with E-state index in [9.17, 15) is 4.79 Å². The van der Waals surface area contributed by atoms with Gasteiger partial charge in [0.15, 0.2) is 0 Å². The van der Waals surface area contributed by atoms with E-state index < -0.39 is 0 Å². The quantitative estimate of drug-likeness (QED) is 0.570. The van der Waals surface area contributed by atoms with Gasteiger partial charge in [0.2, 0.25) is 0 Å². The Morgan fingerprint density at radius 2 is 2.00 bits per heavy atom. The predicted octanol–water partition coefficient (Wildman–Crippen LogP) is 2.35. The SMILES string of the molecule is CCOc1ccc(SCC(=O)OC)cc1. The first kappa shape index (κ1) is 11.9. The first-order valence-corrected chi connectivity index (χ1v) is 5.67. The fourth-order valence-corrected chi connectivity index (χ4v) is 1.73. The first-order valence-electron chi connectivity index (χ1n) is 4.68. The van der Waals surface area contributed by atoms with E-state index in [1.807, 2.05) is 31.2 Å². The molecule has 0 fully saturated rings. The number of rotatable bonds is 5. The molecule has 0 saturated heterocycles. The van der Waals surface area contributed by atoms with Crippen molar-refractivity contribution in [2.24, 2.45) is 0 Å². The highest BCUT2D eigenvalue weighted by molar-refractivity contribution is 8.00. The second-order valence-corrected chi connectivity index (χ2v) is 3.82. The summed E-state index contributed by atoms with van der Waals surface area (Å²) in [6.45, 7) is 2.61. The van der Waals surface area contributed by atoms with Crippen LogP contribution in [0.4, 0.5) is 0 Å². The minimum Gasteiger partial charge on any atom is -0.494 e. The van der Waals surface area contributed by atoms with Gasteiger partial charge in [-0.1, -0.05) is 0 Å². The molecule has 0 N–H and O–H groups in total. The molecule has 0 heterocycles. The topological polar surface area (TPSA) is 35.5 Å². The Hall–Kier alpha value is -1.16. The van der Waals surface area contributed by atoms with Crippen LogP contribution < -0.4 is 4.74 Å². The fourth-order valence-electron chi connectivity index (χ4n) is 1.000. The summed E-state index contributed by atoms with van der Waals surface area (Å²) in [5, 5.41) is 0. The summed E-state index contributed by atoms with van der Waals surface area (Å²) in [5.74, 6) is 0.971. The highest BCUT2D eigenvalue weighted by Gasteiger charge is 2.01. The molecule has 0 aromatic heterocycles. The largest absolute Gasteiger partial charge is 0.494 e. The van der Waals surface area contributed by atoms with Gasteiger partial charge in [0.25, 0.3) is 0 Å². The van der Waals surface area contributed by atoms with E-state index in [1.165, 1.54) is 18.9 Å². The number of ether oxygens (including phenoxy) is 2. The zero-order valence-corrected chi connectivity index (χ0v) is 9.67. The number of esters is 1. The van der Waals surface area contributed by atoms with Crippen molar-refractivity contribution >= 4 is 17.7 Å². The van der Waals surface area contributed by atoms with E-state index in [1.54, 1.807) is 0 Å². The maximum Gasteiger partial charge on any atom is 0.315 e. The minimum absolute atomic E-state index is 0.214. The second-order valence-electron chi connectivity index (χ2n) is 2.77. The molecule has 1 aromatic carbocycles. The van der Waals surface area contributed by atoms with E-state index in [-0.39, 0.29) is 5.97 Å². The van der Waals surface area contributed by atoms with Crippen LogP contribution in [-0.2, 0) is 9.53 Å². The third-order valence-electron chi connectivity index (χ3n) is 1.72. The Bertz CT molecular complexity index is 308. The van der Waals surface area contributed by atoms with Crippen molar-refractivity contribution in [1.82, 2.24) is 0 Å². The first-order chi connectivity index (χ1) is 7.26. The lowest BCUT2D eigenvalue weighted by atomic mass is 10.3. The van der Waals surface area contributed by atoms with Gasteiger partial charge < -0.3 is 9.47 Å². The maximum absolute atomic E-state index is 10.9. The minimum atomic E-state index is -0.214. The highest BCUT2D eigenvalue weighted by atomic mass is 32.2. The molecule has 82 valence electrons. The zero-order valence-electron chi connectivity index (χ0n) is 8.86. The van der Waals surface area contributed by atoms with Crippen LogP contribution in [-0.4, -0.2) is 25.4 Å². The lowest BCUT2D eigenvalue weighted by Gasteiger charge is -2.04. The van der Waals surface area contributed by atoms with E-state index in [0.717, 1.165) is 10.6 Å². The van der Waals surface area contributed by atoms with Gasteiger partial charge in [0.05, 0.1) is 19.5 Å². The van der Waals surface area contributed by atoms with E-state index in [0.29, 0.717) is 12.4 Å². The van der Waals surface area contributed by atoms with Crippen molar-refractivity contribution in [3.05, 3.63) is 24.3 Å². The predicted molar refractivity (Wildman–Crippen MR) is 60.4 cm³/mol. The van der Waals surface area contributed by atoms with Crippen molar-refractivity contribution in [1.29, 1.82) is 0 Å². The Morgan fingerprint density at radius 3 is 2.53 bits per heavy atom. The molecule has 15 heavy (non-hydrogen) atoms. The summed E-state index contributed by atoms with van der Waals surface area (Å²) < 4.78 is 9.86. The van der Waals surface area contributed by atoms with Crippen molar-refractivity contribution in [2.45, 2.75) is 11.8 Å². The molecule has 0 aliphatic heterocycles. The fraction of sp³-hybridized carbons (Fsp3) is 0.364. The van der Waals surface area contributed by atoms with Crippen LogP contribution in [0.1, 0.15) is 6.92 Å². The van der Waals surface area contributed by atoms with Crippen molar-refractivity contribution in [3.8, 4) is 5.75 Å². The number of carbonyl (C=O) groups is 1. The van der Waals surface area contributed by atoms with Crippen molar-refractivity contribution in [3.63, 3.8) is 0 Å². The highest BCUT2D eigenvalue weighted by Crippen LogP contribution is 2.21. The number of hydrogen-bond donors (Lipinski definition) is 0. The number of methoxy groups -OCH3 is 1. The van der Waals surface area contributed by atoms with Crippen LogP contribution in [0.25, 0.3) is 0 Å². The second kappa shape index (κ2) is 6.35. The molecule has 0 saturated carbocycles. The van der Waals surface area contributed by atoms with Crippen LogP contribution in [0.15, 0.2) is 29.2 Å². The van der Waals surface area contributed by atoms with E-state index in [4.69, 9.17) is 4.74 Å². The summed E-state index contributed by atoms with van der Waals surface area (Å²) in [5.41, 5.74) is 0. The summed E-state index contributed by atoms with van der Waals surface area (Å²) in [6, 6.07) is 7.64. The van der Waals surface area contributed by atoms with Gasteiger partial charge in [-0.05, 0) is 31.2 Å². The lowest BCUT2D eigenvalue weighted by Crippen LogP contribution is -2.02. The van der Waals surface area contributed by atoms with Crippen LogP contribution in [0.5, 0.6) is 5.75 Å². The van der Waals surface area contributed by atoms with E-state index in [2.05, 4.69) is 4.74 Å². The third-order valence-corrected chi connectivity index (χ3v) is 2.70. The number of carbonyl (C=O) groups excluding carboxylic acids is 1. The van der Waals surface area contributed by atoms with Crippen molar-refractivity contribution in [2.75, 3.05) is 19.5 Å². The van der Waals surface area contributed by atoms with Crippen molar-refractivity contribution < 1.29 is 14.3 Å². The Labute approximate surface area is 93.8 Å². The monoisotopic (exact) mass is 226 g/mol. The molecule has 1 rings (SSSR count). The summed E-state index contributed by atoms with van der Waals surface area (Å²) in [7, 11) is 1.39. The van der Waals surface area contributed by atoms with Crippen LogP contribution >= 0.6 is 11.8 Å². The molecule has 3 nitrogen and oxygen atoms in total. The van der Waals surface area contributed by atoms with Gasteiger partial charge in [-0.15, -0.1) is 11.8 Å². The molecule has 0 radical (unpaired) electrons. The van der Waals surface area contributed by atoms with Gasteiger partial charge in [-0.25, -0.2) is 0 Å². The molecule has 0 aliphatic carbocycles. The van der Waals surface area contributed by atoms with Crippen LogP contribution in [0.2, 0.25) is 0 Å². The van der Waals surface area contributed by atoms with Gasteiger partial charge in [0.1, 0.15) is 5.75 Å². The number of benzene rings is 1. The Kier molecular flexibility index (Phi) is 5.04. The lowest BCUT2D eigenvalue weighted by molar-refractivity contribution is -0.137. The molecule has 0 unspecified atom stereocenters. The molecule has 1 aromatic rings. The van der Waals surface area contributed by atoms with Crippen LogP contribution in [0, 0.1) is 0 Å². The molecular weight excluding hydrogens is 212 g/mol. The van der Waals surface area contributed by atoms with Gasteiger partial charge in [-0.3, -0.25) is 4.79 Å². The molecule has 4 heteroatoms. The van der Waals surface area contributed by atoms with Gasteiger partial charge in [-0.2, -0.15) is 0 Å². The molecule has 0 amide bonds. The Morgan fingerprint density at radius 1 is 1.33 bits per heavy atom.